The van der Waals surface area contributed by atoms with Gasteiger partial charge in [0, 0.05) is 22.6 Å². The minimum absolute atomic E-state index is 0.0676. The van der Waals surface area contributed by atoms with Gasteiger partial charge in [-0.3, -0.25) is 0 Å². The summed E-state index contributed by atoms with van der Waals surface area (Å²) in [6.45, 7) is 17.7. The second-order valence-corrected chi connectivity index (χ2v) is 18.8. The number of hydrogen-bond acceptors (Lipinski definition) is 2. The lowest BCUT2D eigenvalue weighted by Crippen LogP contribution is -2.33. The lowest BCUT2D eigenvalue weighted by atomic mass is 9.96. The van der Waals surface area contributed by atoms with E-state index < -0.39 is 22.3 Å². The standard InChI is InChI=1S/C14H30O2Si2/c1-12(10-17(2,3)4)14(16)13(8-9-15)11-18(5,6)7/h9,13-14,16H,1,8,10-11H2,2-7H3/t13-,14+/m1/s1. The molecule has 0 aromatic carbocycles. The van der Waals surface area contributed by atoms with E-state index in [1.807, 2.05) is 0 Å². The maximum atomic E-state index is 10.8. The average Bonchev–Trinajstić information content (AvgIpc) is 2.11. The van der Waals surface area contributed by atoms with Crippen LogP contribution in [-0.2, 0) is 4.79 Å². The Morgan fingerprint density at radius 2 is 1.67 bits per heavy atom. The van der Waals surface area contributed by atoms with Crippen LogP contribution in [0.3, 0.4) is 0 Å². The molecule has 0 aromatic rings. The van der Waals surface area contributed by atoms with Crippen LogP contribution < -0.4 is 0 Å². The molecular weight excluding hydrogens is 256 g/mol. The van der Waals surface area contributed by atoms with Gasteiger partial charge in [-0.05, 0) is 12.0 Å². The SMILES string of the molecule is C=C(C[Si](C)(C)C)[C@H](O)[C@H](CC=O)C[Si](C)(C)C. The highest BCUT2D eigenvalue weighted by atomic mass is 28.3. The second kappa shape index (κ2) is 6.82. The van der Waals surface area contributed by atoms with Crippen molar-refractivity contribution < 1.29 is 9.90 Å². The molecule has 0 bridgehead atoms. The van der Waals surface area contributed by atoms with Crippen LogP contribution in [0.5, 0.6) is 0 Å². The van der Waals surface area contributed by atoms with Crippen LogP contribution >= 0.6 is 0 Å². The molecule has 0 amide bonds. The van der Waals surface area contributed by atoms with Gasteiger partial charge in [-0.1, -0.05) is 57.5 Å². The van der Waals surface area contributed by atoms with E-state index in [1.165, 1.54) is 0 Å². The van der Waals surface area contributed by atoms with Crippen molar-refractivity contribution in [3.05, 3.63) is 12.2 Å². The number of rotatable bonds is 8. The molecule has 0 heterocycles. The largest absolute Gasteiger partial charge is 0.388 e. The summed E-state index contributed by atoms with van der Waals surface area (Å²) in [6.07, 6.45) is 0.889. The third-order valence-electron chi connectivity index (χ3n) is 2.90. The van der Waals surface area contributed by atoms with Crippen molar-refractivity contribution in [2.45, 2.75) is 63.9 Å². The topological polar surface area (TPSA) is 37.3 Å². The van der Waals surface area contributed by atoms with E-state index >= 15 is 0 Å². The van der Waals surface area contributed by atoms with Crippen LogP contribution in [0.4, 0.5) is 0 Å². The van der Waals surface area contributed by atoms with Crippen LogP contribution in [0.15, 0.2) is 12.2 Å². The fourth-order valence-corrected chi connectivity index (χ4v) is 5.89. The Kier molecular flexibility index (Phi) is 6.75. The molecule has 0 unspecified atom stereocenters. The van der Waals surface area contributed by atoms with Gasteiger partial charge >= 0.3 is 0 Å². The van der Waals surface area contributed by atoms with Crippen LogP contribution in [0.2, 0.25) is 51.4 Å². The summed E-state index contributed by atoms with van der Waals surface area (Å²) in [6, 6.07) is 1.92. The first-order valence-corrected chi connectivity index (χ1v) is 14.2. The maximum Gasteiger partial charge on any atom is 0.120 e. The number of aliphatic hydroxyl groups is 1. The molecule has 0 aromatic heterocycles. The molecule has 0 rings (SSSR count). The molecule has 0 spiro atoms. The molecule has 0 saturated heterocycles. The van der Waals surface area contributed by atoms with Gasteiger partial charge in [-0.25, -0.2) is 0 Å². The van der Waals surface area contributed by atoms with Crippen molar-refractivity contribution in [3.63, 3.8) is 0 Å². The highest BCUT2D eigenvalue weighted by Gasteiger charge is 2.29. The predicted molar refractivity (Wildman–Crippen MR) is 85.6 cm³/mol. The maximum absolute atomic E-state index is 10.8. The van der Waals surface area contributed by atoms with Crippen molar-refractivity contribution in [2.75, 3.05) is 0 Å². The van der Waals surface area contributed by atoms with Crippen LogP contribution in [0.25, 0.3) is 0 Å². The molecule has 106 valence electrons. The molecule has 2 nitrogen and oxygen atoms in total. The van der Waals surface area contributed by atoms with E-state index in [1.54, 1.807) is 0 Å². The summed E-state index contributed by atoms with van der Waals surface area (Å²) in [4.78, 5) is 10.8. The van der Waals surface area contributed by atoms with Crippen molar-refractivity contribution in [3.8, 4) is 0 Å². The van der Waals surface area contributed by atoms with Crippen molar-refractivity contribution in [1.29, 1.82) is 0 Å². The van der Waals surface area contributed by atoms with Gasteiger partial charge in [0.05, 0.1) is 6.10 Å². The molecule has 18 heavy (non-hydrogen) atoms. The minimum Gasteiger partial charge on any atom is -0.388 e. The first-order chi connectivity index (χ1) is 7.96. The summed E-state index contributed by atoms with van der Waals surface area (Å²) in [5, 5.41) is 10.4. The fraction of sp³-hybridized carbons (Fsp3) is 0.786. The van der Waals surface area contributed by atoms with Gasteiger partial charge in [0.1, 0.15) is 6.29 Å². The summed E-state index contributed by atoms with van der Waals surface area (Å²) >= 11 is 0. The van der Waals surface area contributed by atoms with E-state index in [-0.39, 0.29) is 5.92 Å². The Hall–Kier alpha value is -0.196. The Balaban J connectivity index is 4.70. The molecule has 4 heteroatoms. The van der Waals surface area contributed by atoms with E-state index in [4.69, 9.17) is 0 Å². The number of aldehydes is 1. The van der Waals surface area contributed by atoms with E-state index in [0.29, 0.717) is 6.42 Å². The van der Waals surface area contributed by atoms with E-state index in [2.05, 4.69) is 45.9 Å². The third-order valence-corrected chi connectivity index (χ3v) is 6.16. The molecule has 0 aliphatic heterocycles. The number of carbonyl (C=O) groups is 1. The van der Waals surface area contributed by atoms with E-state index in [9.17, 15) is 9.90 Å². The molecule has 0 fully saturated rings. The quantitative estimate of drug-likeness (QED) is 0.419. The predicted octanol–water partition coefficient (Wildman–Crippen LogP) is 3.79. The molecule has 2 atom stereocenters. The average molecular weight is 287 g/mol. The van der Waals surface area contributed by atoms with E-state index in [0.717, 1.165) is 23.9 Å². The highest BCUT2D eigenvalue weighted by Crippen LogP contribution is 2.28. The van der Waals surface area contributed by atoms with Gasteiger partial charge in [-0.15, -0.1) is 0 Å². The molecule has 0 aliphatic carbocycles. The normalized spacial score (nSPS) is 16.2. The molecule has 0 aliphatic rings. The monoisotopic (exact) mass is 286 g/mol. The molecule has 0 saturated carbocycles. The number of aliphatic hydroxyl groups excluding tert-OH is 1. The van der Waals surface area contributed by atoms with Gasteiger partial charge in [0.2, 0.25) is 0 Å². The van der Waals surface area contributed by atoms with Gasteiger partial charge in [0.15, 0.2) is 0 Å². The van der Waals surface area contributed by atoms with Gasteiger partial charge in [0.25, 0.3) is 0 Å². The summed E-state index contributed by atoms with van der Waals surface area (Å²) in [7, 11) is -2.52. The first-order valence-electron chi connectivity index (χ1n) is 6.75. The first kappa shape index (κ1) is 17.8. The zero-order chi connectivity index (χ0) is 14.6. The molecule has 0 radical (unpaired) electrons. The highest BCUT2D eigenvalue weighted by molar-refractivity contribution is 6.77. The minimum atomic E-state index is -1.27. The van der Waals surface area contributed by atoms with Crippen molar-refractivity contribution >= 4 is 22.4 Å². The fourth-order valence-electron chi connectivity index (χ4n) is 2.35. The lowest BCUT2D eigenvalue weighted by Gasteiger charge is -2.30. The zero-order valence-electron chi connectivity index (χ0n) is 12.9. The lowest BCUT2D eigenvalue weighted by molar-refractivity contribution is -0.109. The summed E-state index contributed by atoms with van der Waals surface area (Å²) < 4.78 is 0. The third kappa shape index (κ3) is 8.00. The van der Waals surface area contributed by atoms with Crippen molar-refractivity contribution in [1.82, 2.24) is 0 Å². The molecule has 1 N–H and O–H groups in total. The molecular formula is C14H30O2Si2. The van der Waals surface area contributed by atoms with Gasteiger partial charge < -0.3 is 9.90 Å². The Morgan fingerprint density at radius 1 is 1.17 bits per heavy atom. The Morgan fingerprint density at radius 3 is 2.00 bits per heavy atom. The Labute approximate surface area is 115 Å². The number of hydrogen-bond donors (Lipinski definition) is 1. The summed E-state index contributed by atoms with van der Waals surface area (Å²) in [5.41, 5.74) is 0.930. The van der Waals surface area contributed by atoms with Crippen LogP contribution in [-0.4, -0.2) is 33.6 Å². The van der Waals surface area contributed by atoms with Crippen molar-refractivity contribution in [2.24, 2.45) is 5.92 Å². The van der Waals surface area contributed by atoms with Crippen LogP contribution in [0, 0.1) is 5.92 Å². The van der Waals surface area contributed by atoms with Crippen LogP contribution in [0.1, 0.15) is 6.42 Å². The summed E-state index contributed by atoms with van der Waals surface area (Å²) in [5.74, 6) is 0.0676. The smallest absolute Gasteiger partial charge is 0.120 e. The zero-order valence-corrected chi connectivity index (χ0v) is 14.9. The number of carbonyl (C=O) groups excluding carboxylic acids is 1. The Bertz CT molecular complexity index is 287. The second-order valence-electron chi connectivity index (χ2n) is 7.77. The van der Waals surface area contributed by atoms with Gasteiger partial charge in [-0.2, -0.15) is 0 Å².